The summed E-state index contributed by atoms with van der Waals surface area (Å²) < 4.78 is 46.7. The largest absolute Gasteiger partial charge is 0.494 e. The quantitative estimate of drug-likeness (QED) is 0.656. The number of rotatable bonds is 5. The Bertz CT molecular complexity index is 872. The van der Waals surface area contributed by atoms with Gasteiger partial charge in [-0.15, -0.1) is 11.3 Å². The van der Waals surface area contributed by atoms with Crippen molar-refractivity contribution in [3.63, 3.8) is 0 Å². The number of thiophene rings is 1. The van der Waals surface area contributed by atoms with E-state index < -0.39 is 35.7 Å². The number of urea groups is 1. The molecule has 0 bridgehead atoms. The molecule has 10 heteroatoms. The molecule has 2 heterocycles. The summed E-state index contributed by atoms with van der Waals surface area (Å²) in [5, 5.41) is 15.8. The summed E-state index contributed by atoms with van der Waals surface area (Å²) in [7, 11) is 0. The number of benzene rings is 1. The van der Waals surface area contributed by atoms with Gasteiger partial charge in [-0.05, 0) is 36.1 Å². The zero-order chi connectivity index (χ0) is 20.5. The lowest BCUT2D eigenvalue weighted by Gasteiger charge is -2.44. The monoisotopic (exact) mass is 414 g/mol. The van der Waals surface area contributed by atoms with Gasteiger partial charge in [0.05, 0.1) is 17.5 Å². The first-order valence-electron chi connectivity index (χ1n) is 8.35. The Morgan fingerprint density at radius 1 is 1.32 bits per heavy atom. The summed E-state index contributed by atoms with van der Waals surface area (Å²) in [6, 6.07) is 6.26. The Kier molecular flexibility index (Phi) is 5.35. The van der Waals surface area contributed by atoms with E-state index in [4.69, 9.17) is 4.74 Å². The maximum atomic E-state index is 13.8. The van der Waals surface area contributed by atoms with E-state index in [0.717, 1.165) is 11.3 Å². The number of halogens is 3. The molecule has 1 aromatic heterocycles. The highest BCUT2D eigenvalue weighted by Gasteiger charge is 2.66. The Balaban J connectivity index is 2.13. The van der Waals surface area contributed by atoms with E-state index in [1.54, 1.807) is 18.4 Å². The Morgan fingerprint density at radius 3 is 2.68 bits per heavy atom. The van der Waals surface area contributed by atoms with Gasteiger partial charge in [0.25, 0.3) is 0 Å². The van der Waals surface area contributed by atoms with Crippen LogP contribution in [0.1, 0.15) is 28.2 Å². The lowest BCUT2D eigenvalue weighted by atomic mass is 9.78. The number of aliphatic hydroxyl groups is 1. The SMILES string of the molecule is CCOc1cccc([C@@H]2NC(=O)N[C@](O)(C(F)(F)F)[C@@H]2C(=O)c2cccs2)c1. The fraction of sp³-hybridized carbons (Fsp3) is 0.333. The van der Waals surface area contributed by atoms with Gasteiger partial charge in [0.15, 0.2) is 5.78 Å². The van der Waals surface area contributed by atoms with Gasteiger partial charge in [-0.25, -0.2) is 4.79 Å². The maximum Gasteiger partial charge on any atom is 0.437 e. The van der Waals surface area contributed by atoms with E-state index in [0.29, 0.717) is 12.4 Å². The van der Waals surface area contributed by atoms with Crippen molar-refractivity contribution in [3.8, 4) is 5.75 Å². The van der Waals surface area contributed by atoms with Crippen LogP contribution in [0.2, 0.25) is 0 Å². The summed E-state index contributed by atoms with van der Waals surface area (Å²) >= 11 is 0.952. The third-order valence-electron chi connectivity index (χ3n) is 4.38. The number of hydrogen-bond donors (Lipinski definition) is 3. The molecule has 0 unspecified atom stereocenters. The third-order valence-corrected chi connectivity index (χ3v) is 5.27. The molecule has 3 atom stereocenters. The fourth-order valence-corrected chi connectivity index (χ4v) is 3.86. The van der Waals surface area contributed by atoms with Crippen molar-refractivity contribution in [1.82, 2.24) is 10.6 Å². The van der Waals surface area contributed by atoms with Crippen LogP contribution < -0.4 is 15.4 Å². The zero-order valence-corrected chi connectivity index (χ0v) is 15.4. The first-order chi connectivity index (χ1) is 13.2. The van der Waals surface area contributed by atoms with E-state index in [1.165, 1.54) is 35.6 Å². The van der Waals surface area contributed by atoms with Gasteiger partial charge in [-0.3, -0.25) is 4.79 Å². The lowest BCUT2D eigenvalue weighted by molar-refractivity contribution is -0.287. The highest BCUT2D eigenvalue weighted by Crippen LogP contribution is 2.44. The molecular weight excluding hydrogens is 397 g/mol. The molecule has 2 aromatic rings. The molecule has 28 heavy (non-hydrogen) atoms. The van der Waals surface area contributed by atoms with Crippen molar-refractivity contribution in [2.24, 2.45) is 5.92 Å². The average Bonchev–Trinajstić information content (AvgIpc) is 3.15. The summed E-state index contributed by atoms with van der Waals surface area (Å²) in [4.78, 5) is 24.9. The molecule has 1 aromatic carbocycles. The van der Waals surface area contributed by atoms with Gasteiger partial charge in [-0.1, -0.05) is 18.2 Å². The number of hydrogen-bond acceptors (Lipinski definition) is 5. The number of nitrogens with one attached hydrogen (secondary N) is 2. The zero-order valence-electron chi connectivity index (χ0n) is 14.6. The predicted octanol–water partition coefficient (Wildman–Crippen LogP) is 3.25. The highest BCUT2D eigenvalue weighted by atomic mass is 32.1. The van der Waals surface area contributed by atoms with Crippen LogP contribution in [0.5, 0.6) is 5.75 Å². The molecule has 3 rings (SSSR count). The van der Waals surface area contributed by atoms with E-state index in [-0.39, 0.29) is 10.4 Å². The van der Waals surface area contributed by atoms with Crippen molar-refractivity contribution >= 4 is 23.2 Å². The van der Waals surface area contributed by atoms with Crippen molar-refractivity contribution in [3.05, 3.63) is 52.2 Å². The summed E-state index contributed by atoms with van der Waals surface area (Å²) in [6.45, 7) is 2.07. The number of ketones is 1. The standard InChI is InChI=1S/C18H17F3N2O4S/c1-2-27-11-6-3-5-10(9-11)14-13(15(24)12-7-4-8-28-12)17(26,18(19,20)21)23-16(25)22-14/h3-9,13-14,26H,2H2,1H3,(H2,22,23,25)/t13-,14-,17+/m0/s1. The smallest absolute Gasteiger partial charge is 0.437 e. The van der Waals surface area contributed by atoms with Crippen LogP contribution in [0.3, 0.4) is 0 Å². The van der Waals surface area contributed by atoms with Crippen LogP contribution in [0, 0.1) is 5.92 Å². The molecule has 3 N–H and O–H groups in total. The second-order valence-corrected chi connectivity index (χ2v) is 7.11. The first kappa shape index (κ1) is 20.2. The van der Waals surface area contributed by atoms with Gasteiger partial charge in [0, 0.05) is 0 Å². The minimum absolute atomic E-state index is 0.0385. The van der Waals surface area contributed by atoms with Crippen molar-refractivity contribution in [2.45, 2.75) is 24.9 Å². The Labute approximate surface area is 162 Å². The number of Topliss-reactive ketones (excluding diaryl/α,β-unsaturated/α-hetero) is 1. The second-order valence-electron chi connectivity index (χ2n) is 6.16. The van der Waals surface area contributed by atoms with Crippen LogP contribution in [0.25, 0.3) is 0 Å². The minimum Gasteiger partial charge on any atom is -0.494 e. The second kappa shape index (κ2) is 7.44. The number of alkyl halides is 3. The van der Waals surface area contributed by atoms with Crippen molar-refractivity contribution < 1.29 is 32.6 Å². The van der Waals surface area contributed by atoms with Crippen molar-refractivity contribution in [2.75, 3.05) is 6.61 Å². The molecular formula is C18H17F3N2O4S. The van der Waals surface area contributed by atoms with Crippen LogP contribution >= 0.6 is 11.3 Å². The Hall–Kier alpha value is -2.59. The van der Waals surface area contributed by atoms with E-state index in [1.807, 2.05) is 0 Å². The predicted molar refractivity (Wildman–Crippen MR) is 95.2 cm³/mol. The average molecular weight is 414 g/mol. The van der Waals surface area contributed by atoms with Gasteiger partial charge in [0.1, 0.15) is 11.7 Å². The number of carbonyl (C=O) groups is 2. The van der Waals surface area contributed by atoms with E-state index in [2.05, 4.69) is 5.32 Å². The van der Waals surface area contributed by atoms with Crippen LogP contribution in [0.15, 0.2) is 41.8 Å². The van der Waals surface area contributed by atoms with Gasteiger partial charge in [-0.2, -0.15) is 13.2 Å². The molecule has 2 amide bonds. The number of carbonyl (C=O) groups excluding carboxylic acids is 2. The van der Waals surface area contributed by atoms with Crippen LogP contribution in [-0.4, -0.2) is 35.4 Å². The fourth-order valence-electron chi connectivity index (χ4n) is 3.15. The maximum absolute atomic E-state index is 13.8. The van der Waals surface area contributed by atoms with Gasteiger partial charge < -0.3 is 20.5 Å². The summed E-state index contributed by atoms with van der Waals surface area (Å²) in [5.41, 5.74) is -3.53. The highest BCUT2D eigenvalue weighted by molar-refractivity contribution is 7.12. The molecule has 6 nitrogen and oxygen atoms in total. The summed E-state index contributed by atoms with van der Waals surface area (Å²) in [5.74, 6) is -2.61. The number of amides is 2. The van der Waals surface area contributed by atoms with Gasteiger partial charge in [0.2, 0.25) is 5.72 Å². The topological polar surface area (TPSA) is 87.7 Å². The van der Waals surface area contributed by atoms with E-state index >= 15 is 0 Å². The molecule has 1 saturated heterocycles. The van der Waals surface area contributed by atoms with Gasteiger partial charge >= 0.3 is 12.2 Å². The molecule has 1 aliphatic rings. The molecule has 1 aliphatic heterocycles. The lowest BCUT2D eigenvalue weighted by Crippen LogP contribution is -2.72. The normalized spacial score (nSPS) is 25.0. The molecule has 0 aliphatic carbocycles. The third kappa shape index (κ3) is 3.57. The molecule has 0 radical (unpaired) electrons. The minimum atomic E-state index is -5.28. The van der Waals surface area contributed by atoms with Crippen molar-refractivity contribution in [1.29, 1.82) is 0 Å². The van der Waals surface area contributed by atoms with Crippen LogP contribution in [0.4, 0.5) is 18.0 Å². The van der Waals surface area contributed by atoms with Crippen LogP contribution in [-0.2, 0) is 0 Å². The first-order valence-corrected chi connectivity index (χ1v) is 9.23. The summed E-state index contributed by atoms with van der Waals surface area (Å²) in [6.07, 6.45) is -5.28. The molecule has 150 valence electrons. The molecule has 1 fully saturated rings. The molecule has 0 saturated carbocycles. The Morgan fingerprint density at radius 2 is 2.07 bits per heavy atom. The van der Waals surface area contributed by atoms with E-state index in [9.17, 15) is 27.9 Å². The number of ether oxygens (including phenoxy) is 1. The molecule has 0 spiro atoms.